The average Bonchev–Trinajstić information content (AvgIpc) is 3.06. The zero-order valence-electron chi connectivity index (χ0n) is 12.8. The SMILES string of the molecule is CN(C)CCOc1ccc(NC(=O)C2CC3CC3C2)cc1. The number of nitrogens with one attached hydrogen (secondary N) is 1. The van der Waals surface area contributed by atoms with Crippen molar-refractivity contribution in [3.8, 4) is 5.75 Å². The van der Waals surface area contributed by atoms with Crippen molar-refractivity contribution in [3.05, 3.63) is 24.3 Å². The van der Waals surface area contributed by atoms with Gasteiger partial charge in [0, 0.05) is 18.2 Å². The molecule has 1 N–H and O–H groups in total. The summed E-state index contributed by atoms with van der Waals surface area (Å²) < 4.78 is 5.64. The Morgan fingerprint density at radius 1 is 1.19 bits per heavy atom. The van der Waals surface area contributed by atoms with E-state index in [0.29, 0.717) is 6.61 Å². The summed E-state index contributed by atoms with van der Waals surface area (Å²) in [4.78, 5) is 14.2. The topological polar surface area (TPSA) is 41.6 Å². The number of hydrogen-bond donors (Lipinski definition) is 1. The monoisotopic (exact) mass is 288 g/mol. The van der Waals surface area contributed by atoms with Gasteiger partial charge >= 0.3 is 0 Å². The van der Waals surface area contributed by atoms with Gasteiger partial charge in [-0.05, 0) is 69.5 Å². The highest BCUT2D eigenvalue weighted by atomic mass is 16.5. The van der Waals surface area contributed by atoms with Crippen molar-refractivity contribution < 1.29 is 9.53 Å². The van der Waals surface area contributed by atoms with Gasteiger partial charge in [0.1, 0.15) is 12.4 Å². The molecule has 2 saturated carbocycles. The van der Waals surface area contributed by atoms with Crippen LogP contribution in [0.2, 0.25) is 0 Å². The Bertz CT molecular complexity index is 488. The minimum Gasteiger partial charge on any atom is -0.492 e. The van der Waals surface area contributed by atoms with E-state index in [1.165, 1.54) is 6.42 Å². The Kier molecular flexibility index (Phi) is 4.15. The Morgan fingerprint density at radius 2 is 1.86 bits per heavy atom. The Balaban J connectivity index is 1.46. The minimum atomic E-state index is 0.184. The van der Waals surface area contributed by atoms with Crippen LogP contribution in [-0.4, -0.2) is 38.1 Å². The van der Waals surface area contributed by atoms with E-state index in [9.17, 15) is 4.79 Å². The second kappa shape index (κ2) is 6.06. The van der Waals surface area contributed by atoms with E-state index in [-0.39, 0.29) is 11.8 Å². The summed E-state index contributed by atoms with van der Waals surface area (Å²) >= 11 is 0. The van der Waals surface area contributed by atoms with E-state index in [1.54, 1.807) is 0 Å². The number of anilines is 1. The molecule has 0 spiro atoms. The minimum absolute atomic E-state index is 0.184. The number of amides is 1. The fraction of sp³-hybridized carbons (Fsp3) is 0.588. The van der Waals surface area contributed by atoms with Crippen LogP contribution in [0.4, 0.5) is 5.69 Å². The molecule has 0 aromatic heterocycles. The van der Waals surface area contributed by atoms with E-state index in [1.807, 2.05) is 38.4 Å². The molecule has 4 heteroatoms. The molecule has 114 valence electrons. The standard InChI is InChI=1S/C17H24N2O2/c1-19(2)7-8-21-16-5-3-15(4-6-16)18-17(20)14-10-12-9-13(12)11-14/h3-6,12-14H,7-11H2,1-2H3,(H,18,20). The molecule has 0 heterocycles. The number of carbonyl (C=O) groups excluding carboxylic acids is 1. The van der Waals surface area contributed by atoms with Crippen LogP contribution in [0, 0.1) is 17.8 Å². The molecule has 2 fully saturated rings. The Morgan fingerprint density at radius 3 is 2.48 bits per heavy atom. The lowest BCUT2D eigenvalue weighted by Crippen LogP contribution is -2.21. The summed E-state index contributed by atoms with van der Waals surface area (Å²) in [7, 11) is 4.05. The molecular weight excluding hydrogens is 264 g/mol. The van der Waals surface area contributed by atoms with Gasteiger partial charge in [0.2, 0.25) is 5.91 Å². The van der Waals surface area contributed by atoms with Crippen LogP contribution < -0.4 is 10.1 Å². The summed E-state index contributed by atoms with van der Waals surface area (Å²) in [6.07, 6.45) is 3.52. The number of nitrogens with zero attached hydrogens (tertiary/aromatic N) is 1. The van der Waals surface area contributed by atoms with Gasteiger partial charge in [0.15, 0.2) is 0 Å². The lowest BCUT2D eigenvalue weighted by Gasteiger charge is -2.13. The zero-order valence-corrected chi connectivity index (χ0v) is 12.8. The van der Waals surface area contributed by atoms with E-state index in [2.05, 4.69) is 10.2 Å². The predicted octanol–water partition coefficient (Wildman–Crippen LogP) is 2.61. The molecule has 2 aliphatic rings. The molecule has 3 rings (SSSR count). The number of carbonyl (C=O) groups is 1. The molecule has 0 aliphatic heterocycles. The first kappa shape index (κ1) is 14.4. The number of likely N-dealkylation sites (N-methyl/N-ethyl adjacent to an activating group) is 1. The molecule has 4 nitrogen and oxygen atoms in total. The van der Waals surface area contributed by atoms with Crippen molar-refractivity contribution >= 4 is 11.6 Å². The third kappa shape index (κ3) is 3.76. The van der Waals surface area contributed by atoms with Crippen LogP contribution in [-0.2, 0) is 4.79 Å². The summed E-state index contributed by atoms with van der Waals surface area (Å²) in [5.41, 5.74) is 0.862. The second-order valence-corrected chi connectivity index (χ2v) is 6.59. The Labute approximate surface area is 126 Å². The molecule has 2 unspecified atom stereocenters. The molecular formula is C17H24N2O2. The first-order chi connectivity index (χ1) is 10.1. The lowest BCUT2D eigenvalue weighted by atomic mass is 10.0. The molecule has 1 amide bonds. The Hall–Kier alpha value is -1.55. The molecule has 2 aliphatic carbocycles. The van der Waals surface area contributed by atoms with Gasteiger partial charge in [-0.1, -0.05) is 0 Å². The van der Waals surface area contributed by atoms with E-state index in [0.717, 1.165) is 42.7 Å². The number of ether oxygens (including phenoxy) is 1. The van der Waals surface area contributed by atoms with Gasteiger partial charge in [-0.15, -0.1) is 0 Å². The van der Waals surface area contributed by atoms with Crippen LogP contribution >= 0.6 is 0 Å². The van der Waals surface area contributed by atoms with Gasteiger partial charge in [0.25, 0.3) is 0 Å². The fourth-order valence-corrected chi connectivity index (χ4v) is 3.15. The molecule has 0 radical (unpaired) electrons. The highest BCUT2D eigenvalue weighted by Gasteiger charge is 2.47. The van der Waals surface area contributed by atoms with Crippen molar-refractivity contribution in [2.24, 2.45) is 17.8 Å². The van der Waals surface area contributed by atoms with Crippen molar-refractivity contribution in [2.75, 3.05) is 32.6 Å². The zero-order chi connectivity index (χ0) is 14.8. The van der Waals surface area contributed by atoms with Crippen LogP contribution in [0.1, 0.15) is 19.3 Å². The van der Waals surface area contributed by atoms with Gasteiger partial charge < -0.3 is 15.0 Å². The molecule has 0 saturated heterocycles. The normalized spacial score (nSPS) is 26.5. The van der Waals surface area contributed by atoms with E-state index in [4.69, 9.17) is 4.74 Å². The second-order valence-electron chi connectivity index (χ2n) is 6.59. The maximum atomic E-state index is 12.2. The number of rotatable bonds is 6. The number of fused-ring (bicyclic) bond motifs is 1. The van der Waals surface area contributed by atoms with Gasteiger partial charge in [-0.25, -0.2) is 0 Å². The summed E-state index contributed by atoms with van der Waals surface area (Å²) in [6, 6.07) is 7.66. The first-order valence-electron chi connectivity index (χ1n) is 7.80. The third-order valence-electron chi connectivity index (χ3n) is 4.54. The average molecular weight is 288 g/mol. The van der Waals surface area contributed by atoms with Crippen LogP contribution in [0.15, 0.2) is 24.3 Å². The molecule has 1 aromatic rings. The molecule has 21 heavy (non-hydrogen) atoms. The number of hydrogen-bond acceptors (Lipinski definition) is 3. The van der Waals surface area contributed by atoms with E-state index >= 15 is 0 Å². The summed E-state index contributed by atoms with van der Waals surface area (Å²) in [5.74, 6) is 2.94. The highest BCUT2D eigenvalue weighted by Crippen LogP contribution is 2.54. The third-order valence-corrected chi connectivity index (χ3v) is 4.54. The van der Waals surface area contributed by atoms with Crippen molar-refractivity contribution in [1.29, 1.82) is 0 Å². The quantitative estimate of drug-likeness (QED) is 0.875. The van der Waals surface area contributed by atoms with E-state index < -0.39 is 0 Å². The molecule has 0 bridgehead atoms. The molecule has 1 aromatic carbocycles. The van der Waals surface area contributed by atoms with Crippen molar-refractivity contribution in [3.63, 3.8) is 0 Å². The van der Waals surface area contributed by atoms with Gasteiger partial charge in [-0.2, -0.15) is 0 Å². The van der Waals surface area contributed by atoms with Gasteiger partial charge in [-0.3, -0.25) is 4.79 Å². The number of benzene rings is 1. The highest BCUT2D eigenvalue weighted by molar-refractivity contribution is 5.92. The van der Waals surface area contributed by atoms with Gasteiger partial charge in [0.05, 0.1) is 0 Å². The maximum Gasteiger partial charge on any atom is 0.227 e. The van der Waals surface area contributed by atoms with Crippen LogP contribution in [0.25, 0.3) is 0 Å². The lowest BCUT2D eigenvalue weighted by molar-refractivity contribution is -0.120. The predicted molar refractivity (Wildman–Crippen MR) is 83.4 cm³/mol. The smallest absolute Gasteiger partial charge is 0.227 e. The van der Waals surface area contributed by atoms with Crippen LogP contribution in [0.3, 0.4) is 0 Å². The summed E-state index contributed by atoms with van der Waals surface area (Å²) in [6.45, 7) is 1.56. The van der Waals surface area contributed by atoms with Crippen molar-refractivity contribution in [1.82, 2.24) is 4.90 Å². The first-order valence-corrected chi connectivity index (χ1v) is 7.80. The van der Waals surface area contributed by atoms with Crippen LogP contribution in [0.5, 0.6) is 5.75 Å². The van der Waals surface area contributed by atoms with Crippen molar-refractivity contribution in [2.45, 2.75) is 19.3 Å². The largest absolute Gasteiger partial charge is 0.492 e. The fourth-order valence-electron chi connectivity index (χ4n) is 3.15. The summed E-state index contributed by atoms with van der Waals surface area (Å²) in [5, 5.41) is 3.02. The maximum absolute atomic E-state index is 12.2. The molecule has 2 atom stereocenters.